The van der Waals surface area contributed by atoms with E-state index in [1.165, 1.54) is 36.4 Å². The third kappa shape index (κ3) is 4.61. The highest BCUT2D eigenvalue weighted by atomic mass is 32.2. The van der Waals surface area contributed by atoms with Gasteiger partial charge in [-0.2, -0.15) is 0 Å². The Hall–Kier alpha value is -3.07. The Labute approximate surface area is 162 Å². The predicted molar refractivity (Wildman–Crippen MR) is 99.6 cm³/mol. The number of ether oxygens (including phenoxy) is 3. The Morgan fingerprint density at radius 3 is 2.39 bits per heavy atom. The van der Waals surface area contributed by atoms with Gasteiger partial charge in [-0.3, -0.25) is 4.72 Å². The number of rotatable bonds is 7. The first-order valence-corrected chi connectivity index (χ1v) is 10.1. The number of hydrogen-bond acceptors (Lipinski definition) is 7. The molecule has 1 aliphatic heterocycles. The minimum absolute atomic E-state index is 0.0826. The molecule has 2 aromatic rings. The van der Waals surface area contributed by atoms with E-state index >= 15 is 0 Å². The minimum atomic E-state index is -3.79. The highest BCUT2D eigenvalue weighted by Crippen LogP contribution is 2.20. The van der Waals surface area contributed by atoms with Crippen molar-refractivity contribution in [3.8, 4) is 5.75 Å². The molecule has 0 saturated carbocycles. The molecule has 0 aromatic heterocycles. The molecule has 1 aliphatic rings. The highest BCUT2D eigenvalue weighted by Gasteiger charge is 2.30. The Morgan fingerprint density at radius 2 is 1.82 bits per heavy atom. The summed E-state index contributed by atoms with van der Waals surface area (Å²) in [6.45, 7) is 2.55. The Kier molecular flexibility index (Phi) is 5.84. The van der Waals surface area contributed by atoms with Gasteiger partial charge in [0.05, 0.1) is 23.7 Å². The lowest BCUT2D eigenvalue weighted by Crippen LogP contribution is -2.22. The SMILES string of the molecule is CCOc1ccc(S(=O)(=O)Nc2ccc(C(=O)O[C@H]3CCOC3=O)cc2)cc1. The molecule has 8 nitrogen and oxygen atoms in total. The lowest BCUT2D eigenvalue weighted by Gasteiger charge is -2.11. The van der Waals surface area contributed by atoms with Crippen LogP contribution in [0.25, 0.3) is 0 Å². The Balaban J connectivity index is 1.65. The molecule has 1 N–H and O–H groups in total. The molecule has 0 aliphatic carbocycles. The molecule has 1 atom stereocenters. The van der Waals surface area contributed by atoms with Crippen molar-refractivity contribution in [3.05, 3.63) is 54.1 Å². The number of hydrogen-bond donors (Lipinski definition) is 1. The Bertz CT molecular complexity index is 953. The summed E-state index contributed by atoms with van der Waals surface area (Å²) >= 11 is 0. The summed E-state index contributed by atoms with van der Waals surface area (Å²) in [7, 11) is -3.79. The second kappa shape index (κ2) is 8.30. The van der Waals surface area contributed by atoms with Gasteiger partial charge in [-0.1, -0.05) is 0 Å². The monoisotopic (exact) mass is 405 g/mol. The van der Waals surface area contributed by atoms with Gasteiger partial charge in [-0.05, 0) is 55.5 Å². The van der Waals surface area contributed by atoms with Gasteiger partial charge in [0.25, 0.3) is 10.0 Å². The molecule has 0 amide bonds. The normalized spacial score (nSPS) is 16.3. The maximum Gasteiger partial charge on any atom is 0.347 e. The van der Waals surface area contributed by atoms with Gasteiger partial charge in [0.15, 0.2) is 0 Å². The summed E-state index contributed by atoms with van der Waals surface area (Å²) in [5.41, 5.74) is 0.481. The molecule has 0 spiro atoms. The Morgan fingerprint density at radius 1 is 1.14 bits per heavy atom. The van der Waals surface area contributed by atoms with E-state index < -0.39 is 28.1 Å². The summed E-state index contributed by atoms with van der Waals surface area (Å²) in [5.74, 6) is -0.659. The number of carbonyl (C=O) groups is 2. The smallest absolute Gasteiger partial charge is 0.347 e. The van der Waals surface area contributed by atoms with Crippen molar-refractivity contribution in [1.29, 1.82) is 0 Å². The van der Waals surface area contributed by atoms with Crippen LogP contribution in [0.1, 0.15) is 23.7 Å². The number of anilines is 1. The molecule has 1 fully saturated rings. The average molecular weight is 405 g/mol. The van der Waals surface area contributed by atoms with Gasteiger partial charge < -0.3 is 14.2 Å². The van der Waals surface area contributed by atoms with E-state index in [0.29, 0.717) is 18.8 Å². The van der Waals surface area contributed by atoms with E-state index in [1.807, 2.05) is 6.92 Å². The number of cyclic esters (lactones) is 1. The van der Waals surface area contributed by atoms with Crippen molar-refractivity contribution < 1.29 is 32.2 Å². The van der Waals surface area contributed by atoms with Crippen LogP contribution in [0.4, 0.5) is 5.69 Å². The minimum Gasteiger partial charge on any atom is -0.494 e. The first kappa shape index (κ1) is 19.7. The third-order valence-corrected chi connectivity index (χ3v) is 5.35. The van der Waals surface area contributed by atoms with E-state index in [0.717, 1.165) is 0 Å². The van der Waals surface area contributed by atoms with E-state index in [9.17, 15) is 18.0 Å². The molecular formula is C19H19NO7S. The van der Waals surface area contributed by atoms with Crippen molar-refractivity contribution in [3.63, 3.8) is 0 Å². The average Bonchev–Trinajstić information content (AvgIpc) is 3.07. The largest absolute Gasteiger partial charge is 0.494 e. The van der Waals surface area contributed by atoms with Crippen LogP contribution < -0.4 is 9.46 Å². The van der Waals surface area contributed by atoms with Gasteiger partial charge in [0.1, 0.15) is 5.75 Å². The zero-order chi connectivity index (χ0) is 20.1. The molecular weight excluding hydrogens is 386 g/mol. The molecule has 1 saturated heterocycles. The summed E-state index contributed by atoms with van der Waals surface area (Å²) in [6.07, 6.45) is -0.574. The summed E-state index contributed by atoms with van der Waals surface area (Å²) in [4.78, 5) is 23.5. The van der Waals surface area contributed by atoms with E-state index in [4.69, 9.17) is 14.2 Å². The van der Waals surface area contributed by atoms with Crippen molar-refractivity contribution in [1.82, 2.24) is 0 Å². The molecule has 9 heteroatoms. The van der Waals surface area contributed by atoms with Crippen molar-refractivity contribution in [2.45, 2.75) is 24.3 Å². The molecule has 3 rings (SSSR count). The molecule has 28 heavy (non-hydrogen) atoms. The highest BCUT2D eigenvalue weighted by molar-refractivity contribution is 7.92. The fourth-order valence-electron chi connectivity index (χ4n) is 2.55. The molecule has 148 valence electrons. The van der Waals surface area contributed by atoms with Gasteiger partial charge in [-0.15, -0.1) is 0 Å². The first-order valence-electron chi connectivity index (χ1n) is 8.62. The lowest BCUT2D eigenvalue weighted by molar-refractivity contribution is -0.145. The number of nitrogens with one attached hydrogen (secondary N) is 1. The van der Waals surface area contributed by atoms with Crippen molar-refractivity contribution >= 4 is 27.6 Å². The van der Waals surface area contributed by atoms with E-state index in [2.05, 4.69) is 4.72 Å². The van der Waals surface area contributed by atoms with E-state index in [-0.39, 0.29) is 22.8 Å². The third-order valence-electron chi connectivity index (χ3n) is 3.95. The first-order chi connectivity index (χ1) is 13.4. The van der Waals surface area contributed by atoms with Gasteiger partial charge in [0.2, 0.25) is 6.10 Å². The quantitative estimate of drug-likeness (QED) is 0.705. The van der Waals surface area contributed by atoms with E-state index in [1.54, 1.807) is 12.1 Å². The van der Waals surface area contributed by atoms with Crippen molar-refractivity contribution in [2.24, 2.45) is 0 Å². The fraction of sp³-hybridized carbons (Fsp3) is 0.263. The molecule has 0 unspecified atom stereocenters. The fourth-order valence-corrected chi connectivity index (χ4v) is 3.61. The van der Waals surface area contributed by atoms with Crippen LogP contribution in [0.5, 0.6) is 5.75 Å². The van der Waals surface area contributed by atoms with Crippen LogP contribution in [0, 0.1) is 0 Å². The molecule has 1 heterocycles. The van der Waals surface area contributed by atoms with Crippen LogP contribution in [0.2, 0.25) is 0 Å². The van der Waals surface area contributed by atoms with Crippen LogP contribution in [0.15, 0.2) is 53.4 Å². The second-order valence-corrected chi connectivity index (χ2v) is 7.62. The lowest BCUT2D eigenvalue weighted by atomic mass is 10.2. The standard InChI is InChI=1S/C19H19NO7S/c1-2-25-15-7-9-16(10-8-15)28(23,24)20-14-5-3-13(4-6-14)18(21)27-17-11-12-26-19(17)22/h3-10,17,20H,2,11-12H2,1H3/t17-/m0/s1. The van der Waals surface area contributed by atoms with Gasteiger partial charge in [0, 0.05) is 12.1 Å². The summed E-state index contributed by atoms with van der Waals surface area (Å²) < 4.78 is 42.5. The van der Waals surface area contributed by atoms with Gasteiger partial charge >= 0.3 is 11.9 Å². The zero-order valence-corrected chi connectivity index (χ0v) is 15.9. The number of benzene rings is 2. The number of esters is 2. The zero-order valence-electron chi connectivity index (χ0n) is 15.1. The summed E-state index contributed by atoms with van der Waals surface area (Å²) in [6, 6.07) is 11.7. The number of sulfonamides is 1. The van der Waals surface area contributed by atoms with Crippen molar-refractivity contribution in [2.75, 3.05) is 17.9 Å². The number of carbonyl (C=O) groups excluding carboxylic acids is 2. The van der Waals surface area contributed by atoms with Crippen LogP contribution in [-0.2, 0) is 24.3 Å². The second-order valence-electron chi connectivity index (χ2n) is 5.94. The molecule has 0 bridgehead atoms. The van der Waals surface area contributed by atoms with Crippen LogP contribution in [-0.4, -0.2) is 39.7 Å². The van der Waals surface area contributed by atoms with Crippen LogP contribution >= 0.6 is 0 Å². The summed E-state index contributed by atoms with van der Waals surface area (Å²) in [5, 5.41) is 0. The molecule has 0 radical (unpaired) electrons. The van der Waals surface area contributed by atoms with Crippen LogP contribution in [0.3, 0.4) is 0 Å². The topological polar surface area (TPSA) is 108 Å². The molecule has 2 aromatic carbocycles. The predicted octanol–water partition coefficient (Wildman–Crippen LogP) is 2.36. The maximum absolute atomic E-state index is 12.5. The van der Waals surface area contributed by atoms with Gasteiger partial charge in [-0.25, -0.2) is 18.0 Å². The maximum atomic E-state index is 12.5.